The van der Waals surface area contributed by atoms with Crippen LogP contribution in [0.1, 0.15) is 24.3 Å². The normalized spacial score (nSPS) is 20.7. The van der Waals surface area contributed by atoms with Gasteiger partial charge in [-0.15, -0.1) is 0 Å². The van der Waals surface area contributed by atoms with Crippen molar-refractivity contribution >= 4 is 11.8 Å². The van der Waals surface area contributed by atoms with Crippen LogP contribution in [0.15, 0.2) is 24.3 Å². The Labute approximate surface area is 102 Å². The SMILES string of the molecule is NCCOc1ccc(C2CCCSC2)cc1. The van der Waals surface area contributed by atoms with Crippen LogP contribution in [0.25, 0.3) is 0 Å². The molecular formula is C13H19NOS. The van der Waals surface area contributed by atoms with Gasteiger partial charge in [0.25, 0.3) is 0 Å². The van der Waals surface area contributed by atoms with Crippen molar-refractivity contribution in [2.24, 2.45) is 5.73 Å². The Morgan fingerprint density at radius 2 is 2.12 bits per heavy atom. The van der Waals surface area contributed by atoms with Crippen LogP contribution in [-0.4, -0.2) is 24.7 Å². The van der Waals surface area contributed by atoms with Gasteiger partial charge in [0.15, 0.2) is 0 Å². The molecule has 2 N–H and O–H groups in total. The van der Waals surface area contributed by atoms with Crippen LogP contribution in [0.2, 0.25) is 0 Å². The second kappa shape index (κ2) is 6.16. The van der Waals surface area contributed by atoms with Gasteiger partial charge in [0.05, 0.1) is 0 Å². The second-order valence-corrected chi connectivity index (χ2v) is 5.27. The Kier molecular flexibility index (Phi) is 4.55. The number of nitrogens with two attached hydrogens (primary N) is 1. The van der Waals surface area contributed by atoms with E-state index >= 15 is 0 Å². The third-order valence-corrected chi connectivity index (χ3v) is 4.11. The number of hydrogen-bond donors (Lipinski definition) is 1. The zero-order valence-electron chi connectivity index (χ0n) is 9.52. The first-order chi connectivity index (χ1) is 7.90. The molecule has 1 aliphatic heterocycles. The Hall–Kier alpha value is -0.670. The van der Waals surface area contributed by atoms with Gasteiger partial charge in [-0.3, -0.25) is 0 Å². The lowest BCUT2D eigenvalue weighted by Gasteiger charge is -2.21. The fourth-order valence-electron chi connectivity index (χ4n) is 2.02. The Morgan fingerprint density at radius 1 is 1.31 bits per heavy atom. The Balaban J connectivity index is 1.95. The van der Waals surface area contributed by atoms with E-state index in [1.807, 2.05) is 0 Å². The van der Waals surface area contributed by atoms with E-state index in [4.69, 9.17) is 10.5 Å². The van der Waals surface area contributed by atoms with Gasteiger partial charge in [-0.2, -0.15) is 11.8 Å². The maximum Gasteiger partial charge on any atom is 0.119 e. The molecule has 0 aromatic heterocycles. The zero-order chi connectivity index (χ0) is 11.2. The van der Waals surface area contributed by atoms with E-state index in [1.54, 1.807) is 0 Å². The summed E-state index contributed by atoms with van der Waals surface area (Å²) in [6.07, 6.45) is 2.68. The summed E-state index contributed by atoms with van der Waals surface area (Å²) in [6.45, 7) is 1.17. The Morgan fingerprint density at radius 3 is 2.75 bits per heavy atom. The molecule has 3 heteroatoms. The summed E-state index contributed by atoms with van der Waals surface area (Å²) in [6, 6.07) is 8.51. The fraction of sp³-hybridized carbons (Fsp3) is 0.538. The first-order valence-electron chi connectivity index (χ1n) is 5.90. The minimum absolute atomic E-state index is 0.570. The van der Waals surface area contributed by atoms with Crippen LogP contribution >= 0.6 is 11.8 Å². The molecule has 1 heterocycles. The van der Waals surface area contributed by atoms with E-state index in [2.05, 4.69) is 36.0 Å². The third kappa shape index (κ3) is 3.16. The average Bonchev–Trinajstić information content (AvgIpc) is 2.38. The molecule has 0 radical (unpaired) electrons. The van der Waals surface area contributed by atoms with Crippen LogP contribution in [0, 0.1) is 0 Å². The first-order valence-corrected chi connectivity index (χ1v) is 7.06. The molecule has 2 rings (SSSR count). The van der Waals surface area contributed by atoms with Gasteiger partial charge in [-0.05, 0) is 42.2 Å². The van der Waals surface area contributed by atoms with Crippen LogP contribution in [0.5, 0.6) is 5.75 Å². The van der Waals surface area contributed by atoms with Gasteiger partial charge in [0, 0.05) is 12.3 Å². The topological polar surface area (TPSA) is 35.2 Å². The van der Waals surface area contributed by atoms with Crippen LogP contribution < -0.4 is 10.5 Å². The van der Waals surface area contributed by atoms with E-state index in [-0.39, 0.29) is 0 Å². The molecule has 1 aromatic carbocycles. The molecule has 1 atom stereocenters. The van der Waals surface area contributed by atoms with E-state index in [9.17, 15) is 0 Å². The molecule has 0 saturated carbocycles. The van der Waals surface area contributed by atoms with Crippen molar-refractivity contribution in [2.75, 3.05) is 24.7 Å². The van der Waals surface area contributed by atoms with E-state index in [0.717, 1.165) is 11.7 Å². The first kappa shape index (κ1) is 11.8. The van der Waals surface area contributed by atoms with Crippen molar-refractivity contribution in [3.8, 4) is 5.75 Å². The summed E-state index contributed by atoms with van der Waals surface area (Å²) in [5.41, 5.74) is 6.85. The average molecular weight is 237 g/mol. The highest BCUT2D eigenvalue weighted by Gasteiger charge is 2.15. The molecule has 0 amide bonds. The highest BCUT2D eigenvalue weighted by Crippen LogP contribution is 2.31. The van der Waals surface area contributed by atoms with Crippen molar-refractivity contribution in [1.82, 2.24) is 0 Å². The van der Waals surface area contributed by atoms with Gasteiger partial charge in [0.2, 0.25) is 0 Å². The lowest BCUT2D eigenvalue weighted by atomic mass is 9.96. The molecular weight excluding hydrogens is 218 g/mol. The Bertz CT molecular complexity index is 306. The minimum atomic E-state index is 0.570. The van der Waals surface area contributed by atoms with E-state index < -0.39 is 0 Å². The third-order valence-electron chi connectivity index (χ3n) is 2.90. The summed E-state index contributed by atoms with van der Waals surface area (Å²) in [5.74, 6) is 4.26. The van der Waals surface area contributed by atoms with Crippen molar-refractivity contribution in [1.29, 1.82) is 0 Å². The summed E-state index contributed by atoms with van der Waals surface area (Å²) < 4.78 is 5.47. The number of rotatable bonds is 4. The highest BCUT2D eigenvalue weighted by atomic mass is 32.2. The van der Waals surface area contributed by atoms with Crippen LogP contribution in [0.3, 0.4) is 0 Å². The molecule has 16 heavy (non-hydrogen) atoms. The molecule has 0 bridgehead atoms. The number of benzene rings is 1. The molecule has 1 saturated heterocycles. The molecule has 1 aliphatic rings. The molecule has 1 unspecified atom stereocenters. The zero-order valence-corrected chi connectivity index (χ0v) is 10.3. The maximum absolute atomic E-state index is 5.47. The number of thioether (sulfide) groups is 1. The molecule has 1 aromatic rings. The lowest BCUT2D eigenvalue weighted by Crippen LogP contribution is -2.11. The number of hydrogen-bond acceptors (Lipinski definition) is 3. The summed E-state index contributed by atoms with van der Waals surface area (Å²) >= 11 is 2.07. The van der Waals surface area contributed by atoms with Crippen LogP contribution in [-0.2, 0) is 0 Å². The van der Waals surface area contributed by atoms with Crippen molar-refractivity contribution in [2.45, 2.75) is 18.8 Å². The quantitative estimate of drug-likeness (QED) is 0.874. The predicted molar refractivity (Wildman–Crippen MR) is 70.3 cm³/mol. The maximum atomic E-state index is 5.47. The number of ether oxygens (including phenoxy) is 1. The lowest BCUT2D eigenvalue weighted by molar-refractivity contribution is 0.328. The van der Waals surface area contributed by atoms with Gasteiger partial charge in [0.1, 0.15) is 12.4 Å². The highest BCUT2D eigenvalue weighted by molar-refractivity contribution is 7.99. The smallest absolute Gasteiger partial charge is 0.119 e. The van der Waals surface area contributed by atoms with Crippen molar-refractivity contribution < 1.29 is 4.74 Å². The molecule has 0 aliphatic carbocycles. The summed E-state index contributed by atoms with van der Waals surface area (Å²) in [4.78, 5) is 0. The van der Waals surface area contributed by atoms with Gasteiger partial charge in [-0.25, -0.2) is 0 Å². The minimum Gasteiger partial charge on any atom is -0.492 e. The fourth-order valence-corrected chi connectivity index (χ4v) is 3.20. The standard InChI is InChI=1S/C13H19NOS/c14-7-8-15-13-5-3-11(4-6-13)12-2-1-9-16-10-12/h3-6,12H,1-2,7-10,14H2. The molecule has 0 spiro atoms. The van der Waals surface area contributed by atoms with Gasteiger partial charge in [-0.1, -0.05) is 12.1 Å². The van der Waals surface area contributed by atoms with E-state index in [1.165, 1.54) is 29.9 Å². The summed E-state index contributed by atoms with van der Waals surface area (Å²) in [5, 5.41) is 0. The van der Waals surface area contributed by atoms with E-state index in [0.29, 0.717) is 13.2 Å². The summed E-state index contributed by atoms with van der Waals surface area (Å²) in [7, 11) is 0. The molecule has 2 nitrogen and oxygen atoms in total. The van der Waals surface area contributed by atoms with Crippen molar-refractivity contribution in [3.63, 3.8) is 0 Å². The molecule has 1 fully saturated rings. The van der Waals surface area contributed by atoms with Crippen molar-refractivity contribution in [3.05, 3.63) is 29.8 Å². The van der Waals surface area contributed by atoms with Gasteiger partial charge < -0.3 is 10.5 Å². The largest absolute Gasteiger partial charge is 0.492 e. The molecule has 88 valence electrons. The second-order valence-electron chi connectivity index (χ2n) is 4.12. The monoisotopic (exact) mass is 237 g/mol. The van der Waals surface area contributed by atoms with Crippen LogP contribution in [0.4, 0.5) is 0 Å². The van der Waals surface area contributed by atoms with Gasteiger partial charge >= 0.3 is 0 Å². The predicted octanol–water partition coefficient (Wildman–Crippen LogP) is 2.63.